The molecule has 5 rings (SSSR count). The zero-order chi connectivity index (χ0) is 23.8. The van der Waals surface area contributed by atoms with E-state index in [1.807, 2.05) is 19.9 Å². The Morgan fingerprint density at radius 2 is 1.79 bits per heavy atom. The van der Waals surface area contributed by atoms with Crippen LogP contribution in [0.1, 0.15) is 39.5 Å². The number of hydrogen-bond donors (Lipinski definition) is 1. The fourth-order valence-corrected chi connectivity index (χ4v) is 5.32. The molecule has 2 atom stereocenters. The number of carbonyl (C=O) groups is 1. The molecule has 34 heavy (non-hydrogen) atoms. The van der Waals surface area contributed by atoms with E-state index >= 15 is 0 Å². The van der Waals surface area contributed by atoms with Gasteiger partial charge in [-0.3, -0.25) is 14.8 Å². The number of nitrogens with one attached hydrogen (secondary N) is 1. The van der Waals surface area contributed by atoms with Gasteiger partial charge in [-0.25, -0.2) is 9.37 Å². The van der Waals surface area contributed by atoms with E-state index in [1.165, 1.54) is 12.1 Å². The van der Waals surface area contributed by atoms with Crippen molar-refractivity contribution >= 4 is 23.3 Å². The minimum Gasteiger partial charge on any atom is -0.353 e. The number of carbonyl (C=O) groups excluding carboxylic acids is 1. The van der Waals surface area contributed by atoms with Gasteiger partial charge in [-0.2, -0.15) is 0 Å². The minimum atomic E-state index is -0.305. The van der Waals surface area contributed by atoms with Crippen LogP contribution in [0.2, 0.25) is 5.02 Å². The van der Waals surface area contributed by atoms with Crippen LogP contribution in [-0.2, 0) is 4.79 Å². The highest BCUT2D eigenvalue weighted by atomic mass is 35.5. The van der Waals surface area contributed by atoms with Crippen molar-refractivity contribution in [3.05, 3.63) is 59.8 Å². The highest BCUT2D eigenvalue weighted by Crippen LogP contribution is 2.41. The second-order valence-corrected chi connectivity index (χ2v) is 9.82. The third kappa shape index (κ3) is 4.37. The number of aromatic nitrogens is 3. The number of piperidine rings is 1. The standard InChI is InChI=1S/C26H27ClFN5O/c1-15(2)26(34)31-18-11-19-7-8-20(12-18)33(19)23-14-30-24(16-3-5-17(28)6-4-16)25(32-23)21-9-10-29-13-22(21)27/h3-6,9-10,13-15,18-20H,7-8,11-12H2,1-2H3,(H,31,34). The number of pyridine rings is 1. The van der Waals surface area contributed by atoms with Gasteiger partial charge in [0.05, 0.1) is 16.9 Å². The van der Waals surface area contributed by atoms with Gasteiger partial charge in [-0.15, -0.1) is 0 Å². The van der Waals surface area contributed by atoms with Gasteiger partial charge < -0.3 is 10.2 Å². The molecule has 2 aliphatic heterocycles. The summed E-state index contributed by atoms with van der Waals surface area (Å²) in [5.74, 6) is 0.583. The molecular formula is C26H27ClFN5O. The van der Waals surface area contributed by atoms with Gasteiger partial charge in [0.1, 0.15) is 17.3 Å². The van der Waals surface area contributed by atoms with Crippen molar-refractivity contribution in [3.63, 3.8) is 0 Å². The fraction of sp³-hybridized carbons (Fsp3) is 0.385. The zero-order valence-electron chi connectivity index (χ0n) is 19.2. The molecule has 2 aromatic heterocycles. The lowest BCUT2D eigenvalue weighted by molar-refractivity contribution is -0.124. The normalized spacial score (nSPS) is 21.7. The van der Waals surface area contributed by atoms with Crippen LogP contribution in [0.4, 0.5) is 10.2 Å². The number of amides is 1. The highest BCUT2D eigenvalue weighted by molar-refractivity contribution is 6.33. The van der Waals surface area contributed by atoms with E-state index in [1.54, 1.807) is 30.7 Å². The van der Waals surface area contributed by atoms with Crippen molar-refractivity contribution in [1.29, 1.82) is 0 Å². The first-order chi connectivity index (χ1) is 16.4. The summed E-state index contributed by atoms with van der Waals surface area (Å²) in [5.41, 5.74) is 2.78. The van der Waals surface area contributed by atoms with Crippen molar-refractivity contribution in [2.24, 2.45) is 5.92 Å². The molecule has 0 aliphatic carbocycles. The molecule has 4 heterocycles. The molecule has 3 aromatic rings. The Morgan fingerprint density at radius 1 is 1.09 bits per heavy atom. The average molecular weight is 480 g/mol. The smallest absolute Gasteiger partial charge is 0.222 e. The van der Waals surface area contributed by atoms with Crippen LogP contribution in [0, 0.1) is 11.7 Å². The maximum atomic E-state index is 13.5. The Bertz CT molecular complexity index is 1190. The van der Waals surface area contributed by atoms with Crippen LogP contribution in [0.25, 0.3) is 22.5 Å². The molecule has 2 fully saturated rings. The van der Waals surface area contributed by atoms with Crippen LogP contribution in [-0.4, -0.2) is 39.0 Å². The van der Waals surface area contributed by atoms with Gasteiger partial charge in [-0.05, 0) is 56.0 Å². The van der Waals surface area contributed by atoms with Gasteiger partial charge in [0.2, 0.25) is 5.91 Å². The van der Waals surface area contributed by atoms with Crippen molar-refractivity contribution < 1.29 is 9.18 Å². The number of benzene rings is 1. The minimum absolute atomic E-state index is 0.0202. The second-order valence-electron chi connectivity index (χ2n) is 9.41. The van der Waals surface area contributed by atoms with E-state index in [2.05, 4.69) is 15.2 Å². The van der Waals surface area contributed by atoms with Crippen molar-refractivity contribution in [2.45, 2.75) is 57.7 Å². The molecule has 176 valence electrons. The molecule has 1 N–H and O–H groups in total. The second kappa shape index (κ2) is 9.29. The average Bonchev–Trinajstić information content (AvgIpc) is 3.09. The lowest BCUT2D eigenvalue weighted by Gasteiger charge is -2.40. The summed E-state index contributed by atoms with van der Waals surface area (Å²) >= 11 is 6.50. The van der Waals surface area contributed by atoms with Gasteiger partial charge in [0, 0.05) is 47.6 Å². The third-order valence-electron chi connectivity index (χ3n) is 6.77. The number of halogens is 2. The Hall–Kier alpha value is -3.06. The topological polar surface area (TPSA) is 71.0 Å². The summed E-state index contributed by atoms with van der Waals surface area (Å²) in [7, 11) is 0. The first-order valence-electron chi connectivity index (χ1n) is 11.7. The first-order valence-corrected chi connectivity index (χ1v) is 12.1. The van der Waals surface area contributed by atoms with Crippen molar-refractivity contribution in [1.82, 2.24) is 20.3 Å². The van der Waals surface area contributed by atoms with Gasteiger partial charge >= 0.3 is 0 Å². The lowest BCUT2D eigenvalue weighted by atomic mass is 9.96. The Kier molecular flexibility index (Phi) is 6.21. The molecule has 0 saturated carbocycles. The Balaban J connectivity index is 1.50. The monoisotopic (exact) mass is 479 g/mol. The van der Waals surface area contributed by atoms with Gasteiger partial charge in [0.25, 0.3) is 0 Å². The summed E-state index contributed by atoms with van der Waals surface area (Å²) in [6.45, 7) is 3.84. The molecule has 2 saturated heterocycles. The Morgan fingerprint density at radius 3 is 2.44 bits per heavy atom. The SMILES string of the molecule is CC(C)C(=O)NC1CC2CCC(C1)N2c1cnc(-c2ccc(F)cc2)c(-c2ccncc2Cl)n1. The molecule has 2 bridgehead atoms. The predicted molar refractivity (Wildman–Crippen MR) is 131 cm³/mol. The number of anilines is 1. The summed E-state index contributed by atoms with van der Waals surface area (Å²) in [4.78, 5) is 28.5. The zero-order valence-corrected chi connectivity index (χ0v) is 20.0. The Labute approximate surface area is 203 Å². The molecule has 0 spiro atoms. The van der Waals surface area contributed by atoms with Crippen LogP contribution < -0.4 is 10.2 Å². The maximum absolute atomic E-state index is 13.5. The number of hydrogen-bond acceptors (Lipinski definition) is 5. The number of fused-ring (bicyclic) bond motifs is 2. The molecular weight excluding hydrogens is 453 g/mol. The maximum Gasteiger partial charge on any atom is 0.222 e. The number of rotatable bonds is 5. The van der Waals surface area contributed by atoms with Gasteiger partial charge in [-0.1, -0.05) is 25.4 Å². The molecule has 1 amide bonds. The van der Waals surface area contributed by atoms with Crippen LogP contribution in [0.3, 0.4) is 0 Å². The van der Waals surface area contributed by atoms with Gasteiger partial charge in [0.15, 0.2) is 0 Å². The van der Waals surface area contributed by atoms with E-state index in [4.69, 9.17) is 21.6 Å². The molecule has 2 aliphatic rings. The summed E-state index contributed by atoms with van der Waals surface area (Å²) in [6.07, 6.45) is 8.97. The number of nitrogens with zero attached hydrogens (tertiary/aromatic N) is 4. The molecule has 1 aromatic carbocycles. The first kappa shape index (κ1) is 22.7. The van der Waals surface area contributed by atoms with E-state index < -0.39 is 0 Å². The third-order valence-corrected chi connectivity index (χ3v) is 7.07. The highest BCUT2D eigenvalue weighted by Gasteiger charge is 2.42. The molecule has 8 heteroatoms. The van der Waals surface area contributed by atoms with Crippen LogP contribution >= 0.6 is 11.6 Å². The van der Waals surface area contributed by atoms with Crippen LogP contribution in [0.15, 0.2) is 48.9 Å². The lowest BCUT2D eigenvalue weighted by Crippen LogP contribution is -2.51. The molecule has 6 nitrogen and oxygen atoms in total. The molecule has 2 unspecified atom stereocenters. The molecule has 0 radical (unpaired) electrons. The summed E-state index contributed by atoms with van der Waals surface area (Å²) in [5, 5.41) is 3.70. The van der Waals surface area contributed by atoms with E-state index in [0.29, 0.717) is 28.5 Å². The van der Waals surface area contributed by atoms with Crippen molar-refractivity contribution in [2.75, 3.05) is 4.90 Å². The fourth-order valence-electron chi connectivity index (χ4n) is 5.12. The van der Waals surface area contributed by atoms with E-state index in [9.17, 15) is 9.18 Å². The summed E-state index contributed by atoms with van der Waals surface area (Å²) < 4.78 is 13.5. The van der Waals surface area contributed by atoms with E-state index in [-0.39, 0.29) is 23.7 Å². The van der Waals surface area contributed by atoms with E-state index in [0.717, 1.165) is 42.6 Å². The van der Waals surface area contributed by atoms with Crippen molar-refractivity contribution in [3.8, 4) is 22.5 Å². The quantitative estimate of drug-likeness (QED) is 0.539. The predicted octanol–water partition coefficient (Wildman–Crippen LogP) is 5.27. The largest absolute Gasteiger partial charge is 0.353 e. The van der Waals surface area contributed by atoms with Crippen LogP contribution in [0.5, 0.6) is 0 Å². The summed E-state index contributed by atoms with van der Waals surface area (Å²) in [6, 6.07) is 8.83.